The van der Waals surface area contributed by atoms with Gasteiger partial charge in [0.2, 0.25) is 0 Å². The number of hydrogen-bond acceptors (Lipinski definition) is 4. The summed E-state index contributed by atoms with van der Waals surface area (Å²) in [5.41, 5.74) is 0.858. The average molecular weight is 377 g/mol. The molecule has 2 aromatic rings. The molecule has 0 bridgehead atoms. The molecule has 2 heterocycles. The molecule has 1 saturated carbocycles. The molecular formula is C18H17ClN2O3S. The molecule has 1 aromatic heterocycles. The van der Waals surface area contributed by atoms with Gasteiger partial charge in [-0.1, -0.05) is 11.6 Å². The number of pyridine rings is 1. The van der Waals surface area contributed by atoms with Gasteiger partial charge in [-0.05, 0) is 49.3 Å². The van der Waals surface area contributed by atoms with Gasteiger partial charge in [0.15, 0.2) is 0 Å². The molecule has 1 aromatic carbocycles. The molecule has 0 spiro atoms. The van der Waals surface area contributed by atoms with Gasteiger partial charge < -0.3 is 10.4 Å². The molecule has 1 unspecified atom stereocenters. The number of hydrogen-bond donors (Lipinski definition) is 2. The van der Waals surface area contributed by atoms with Crippen molar-refractivity contribution in [1.29, 1.82) is 0 Å². The van der Waals surface area contributed by atoms with Gasteiger partial charge in [-0.25, -0.2) is 4.79 Å². The number of nitrogens with zero attached hydrogens (tertiary/aromatic N) is 1. The van der Waals surface area contributed by atoms with Crippen molar-refractivity contribution in [3.8, 4) is 0 Å². The van der Waals surface area contributed by atoms with Gasteiger partial charge in [-0.15, -0.1) is 0 Å². The van der Waals surface area contributed by atoms with Crippen LogP contribution in [0.1, 0.15) is 41.2 Å². The maximum atomic E-state index is 13.0. The summed E-state index contributed by atoms with van der Waals surface area (Å²) in [6.45, 7) is 0. The highest BCUT2D eigenvalue weighted by molar-refractivity contribution is 7.99. The number of amides is 1. The Hall–Kier alpha value is -1.79. The lowest BCUT2D eigenvalue weighted by Gasteiger charge is -2.25. The summed E-state index contributed by atoms with van der Waals surface area (Å²) in [5, 5.41) is 13.6. The van der Waals surface area contributed by atoms with Crippen molar-refractivity contribution in [3.63, 3.8) is 0 Å². The first-order valence-corrected chi connectivity index (χ1v) is 9.76. The lowest BCUT2D eigenvalue weighted by Crippen LogP contribution is -2.54. The molecule has 2 N–H and O–H groups in total. The van der Waals surface area contributed by atoms with Crippen LogP contribution >= 0.6 is 23.4 Å². The number of fused-ring (bicyclic) bond motifs is 1. The predicted molar refractivity (Wildman–Crippen MR) is 98.5 cm³/mol. The molecule has 1 amide bonds. The maximum absolute atomic E-state index is 13.0. The summed E-state index contributed by atoms with van der Waals surface area (Å²) in [5.74, 6) is 0.143. The summed E-state index contributed by atoms with van der Waals surface area (Å²) >= 11 is 7.64. The minimum absolute atomic E-state index is 0.374. The minimum Gasteiger partial charge on any atom is -0.479 e. The smallest absolute Gasteiger partial charge is 0.330 e. The molecule has 4 rings (SSSR count). The van der Waals surface area contributed by atoms with Crippen molar-refractivity contribution < 1.29 is 14.7 Å². The van der Waals surface area contributed by atoms with E-state index in [1.54, 1.807) is 36.0 Å². The lowest BCUT2D eigenvalue weighted by molar-refractivity contribution is -0.143. The molecule has 130 valence electrons. The number of halogens is 1. The van der Waals surface area contributed by atoms with Gasteiger partial charge in [0.1, 0.15) is 5.54 Å². The van der Waals surface area contributed by atoms with Crippen LogP contribution in [0.5, 0.6) is 0 Å². The fourth-order valence-electron chi connectivity index (χ4n) is 3.16. The summed E-state index contributed by atoms with van der Waals surface area (Å²) < 4.78 is 0. The number of carbonyl (C=O) groups is 2. The minimum atomic E-state index is -1.20. The highest BCUT2D eigenvalue weighted by Crippen LogP contribution is 2.40. The summed E-state index contributed by atoms with van der Waals surface area (Å²) in [4.78, 5) is 29.4. The molecule has 2 aliphatic rings. The van der Waals surface area contributed by atoms with Crippen molar-refractivity contribution in [2.45, 2.75) is 30.7 Å². The fourth-order valence-corrected chi connectivity index (χ4v) is 4.66. The number of rotatable bonds is 4. The number of benzene rings is 1. The van der Waals surface area contributed by atoms with Crippen LogP contribution in [0.2, 0.25) is 5.02 Å². The molecule has 0 radical (unpaired) electrons. The second-order valence-electron chi connectivity index (χ2n) is 6.67. The van der Waals surface area contributed by atoms with Crippen molar-refractivity contribution in [2.75, 3.05) is 11.5 Å². The molecule has 5 nitrogen and oxygen atoms in total. The Morgan fingerprint density at radius 3 is 2.76 bits per heavy atom. The SMILES string of the molecule is O=C(NC1(C(=O)O)CCSC1)c1cc(C2CC2)nc2ccc(Cl)cc12. The van der Waals surface area contributed by atoms with Crippen LogP contribution in [-0.4, -0.2) is 39.0 Å². The quantitative estimate of drug-likeness (QED) is 0.854. The second-order valence-corrected chi connectivity index (χ2v) is 8.22. The largest absolute Gasteiger partial charge is 0.479 e. The number of carboxylic acid groups (broad SMARTS) is 1. The Labute approximate surface area is 154 Å². The molecule has 25 heavy (non-hydrogen) atoms. The summed E-state index contributed by atoms with van der Waals surface area (Å²) in [6, 6.07) is 7.07. The molecule has 7 heteroatoms. The Morgan fingerprint density at radius 2 is 2.12 bits per heavy atom. The van der Waals surface area contributed by atoms with Crippen LogP contribution in [0.25, 0.3) is 10.9 Å². The summed E-state index contributed by atoms with van der Waals surface area (Å²) in [6.07, 6.45) is 2.57. The zero-order valence-electron chi connectivity index (χ0n) is 13.4. The van der Waals surface area contributed by atoms with Gasteiger partial charge in [0.05, 0.1) is 11.1 Å². The molecule has 1 aliphatic carbocycles. The fraction of sp³-hybridized carbons (Fsp3) is 0.389. The van der Waals surface area contributed by atoms with E-state index in [1.807, 2.05) is 0 Å². The van der Waals surface area contributed by atoms with Crippen LogP contribution < -0.4 is 5.32 Å². The number of thioether (sulfide) groups is 1. The second kappa shape index (κ2) is 6.18. The number of aromatic nitrogens is 1. The lowest BCUT2D eigenvalue weighted by atomic mass is 9.97. The number of aliphatic carboxylic acids is 1. The standard InChI is InChI=1S/C18H17ClN2O3S/c19-11-3-4-14-12(7-11)13(8-15(20-14)10-1-2-10)16(22)21-18(17(23)24)5-6-25-9-18/h3-4,7-8,10H,1-2,5-6,9H2,(H,21,22)(H,23,24). The van der Waals surface area contributed by atoms with E-state index in [4.69, 9.17) is 11.6 Å². The Kier molecular flexibility index (Phi) is 4.12. The zero-order valence-corrected chi connectivity index (χ0v) is 15.0. The molecular weight excluding hydrogens is 360 g/mol. The summed E-state index contributed by atoms with van der Waals surface area (Å²) in [7, 11) is 0. The van der Waals surface area contributed by atoms with Crippen LogP contribution in [-0.2, 0) is 4.79 Å². The van der Waals surface area contributed by atoms with Crippen LogP contribution in [0.3, 0.4) is 0 Å². The third-order valence-electron chi connectivity index (χ3n) is 4.81. The number of carboxylic acids is 1. The van der Waals surface area contributed by atoms with Crippen LogP contribution in [0.15, 0.2) is 24.3 Å². The first-order valence-electron chi connectivity index (χ1n) is 8.22. The van der Waals surface area contributed by atoms with Crippen LogP contribution in [0, 0.1) is 0 Å². The topological polar surface area (TPSA) is 79.3 Å². The van der Waals surface area contributed by atoms with Gasteiger partial charge in [0.25, 0.3) is 5.91 Å². The van der Waals surface area contributed by atoms with Gasteiger partial charge in [-0.2, -0.15) is 11.8 Å². The van der Waals surface area contributed by atoms with E-state index >= 15 is 0 Å². The van der Waals surface area contributed by atoms with E-state index < -0.39 is 11.5 Å². The van der Waals surface area contributed by atoms with Gasteiger partial charge in [0, 0.05) is 27.8 Å². The van der Waals surface area contributed by atoms with E-state index in [1.165, 1.54) is 0 Å². The Bertz CT molecular complexity index is 876. The van der Waals surface area contributed by atoms with E-state index in [-0.39, 0.29) is 5.91 Å². The highest BCUT2D eigenvalue weighted by Gasteiger charge is 2.43. The van der Waals surface area contributed by atoms with Crippen molar-refractivity contribution in [3.05, 3.63) is 40.5 Å². The predicted octanol–water partition coefficient (Wildman–Crippen LogP) is 3.46. The van der Waals surface area contributed by atoms with Crippen molar-refractivity contribution in [1.82, 2.24) is 10.3 Å². The molecule has 1 saturated heterocycles. The third kappa shape index (κ3) is 3.09. The Morgan fingerprint density at radius 1 is 1.32 bits per heavy atom. The molecule has 2 fully saturated rings. The normalized spacial score (nSPS) is 22.9. The first-order chi connectivity index (χ1) is 12.0. The van der Waals surface area contributed by atoms with Gasteiger partial charge in [-0.3, -0.25) is 9.78 Å². The number of carbonyl (C=O) groups excluding carboxylic acids is 1. The van der Waals surface area contributed by atoms with E-state index in [2.05, 4.69) is 10.3 Å². The van der Waals surface area contributed by atoms with Crippen molar-refractivity contribution >= 4 is 46.1 Å². The van der Waals surface area contributed by atoms with Crippen LogP contribution in [0.4, 0.5) is 0 Å². The number of nitrogens with one attached hydrogen (secondary N) is 1. The van der Waals surface area contributed by atoms with E-state index in [0.29, 0.717) is 39.6 Å². The zero-order chi connectivity index (χ0) is 17.6. The Balaban J connectivity index is 1.77. The molecule has 1 atom stereocenters. The average Bonchev–Trinajstić information content (AvgIpc) is 3.33. The molecule has 1 aliphatic heterocycles. The van der Waals surface area contributed by atoms with E-state index in [0.717, 1.165) is 24.3 Å². The van der Waals surface area contributed by atoms with Gasteiger partial charge >= 0.3 is 5.97 Å². The third-order valence-corrected chi connectivity index (χ3v) is 6.24. The van der Waals surface area contributed by atoms with Crippen molar-refractivity contribution in [2.24, 2.45) is 0 Å². The monoisotopic (exact) mass is 376 g/mol. The maximum Gasteiger partial charge on any atom is 0.330 e. The van der Waals surface area contributed by atoms with E-state index in [9.17, 15) is 14.7 Å². The first kappa shape index (κ1) is 16.7. The highest BCUT2D eigenvalue weighted by atomic mass is 35.5.